The molecule has 31 heavy (non-hydrogen) atoms. The molecule has 168 valence electrons. The van der Waals surface area contributed by atoms with Gasteiger partial charge in [-0.25, -0.2) is 12.8 Å². The quantitative estimate of drug-likeness (QED) is 0.538. The van der Waals surface area contributed by atoms with Gasteiger partial charge in [-0.1, -0.05) is 30.3 Å². The molecule has 1 heterocycles. The van der Waals surface area contributed by atoms with Crippen LogP contribution in [0, 0.1) is 5.82 Å². The van der Waals surface area contributed by atoms with E-state index in [1.54, 1.807) is 0 Å². The average Bonchev–Trinajstić information content (AvgIpc) is 2.78. The summed E-state index contributed by atoms with van der Waals surface area (Å²) in [5, 5.41) is 2.84. The topological polar surface area (TPSA) is 87.7 Å². The Kier molecular flexibility index (Phi) is 8.53. The fourth-order valence-corrected chi connectivity index (χ4v) is 4.56. The van der Waals surface area contributed by atoms with Gasteiger partial charge in [0.1, 0.15) is 11.9 Å². The fraction of sp³-hybridized carbons (Fsp3) is 0.409. The lowest BCUT2D eigenvalue weighted by Crippen LogP contribution is -2.48. The van der Waals surface area contributed by atoms with Crippen molar-refractivity contribution in [3.63, 3.8) is 0 Å². The first kappa shape index (κ1) is 23.3. The summed E-state index contributed by atoms with van der Waals surface area (Å²) in [7, 11) is -3.99. The minimum atomic E-state index is -3.99. The summed E-state index contributed by atoms with van der Waals surface area (Å²) in [6, 6.07) is 12.7. The number of nitrogens with zero attached hydrogens (tertiary/aromatic N) is 1. The monoisotopic (exact) mass is 449 g/mol. The lowest BCUT2D eigenvalue weighted by molar-refractivity contribution is -0.122. The summed E-state index contributed by atoms with van der Waals surface area (Å²) >= 11 is 0. The van der Waals surface area contributed by atoms with Crippen molar-refractivity contribution >= 4 is 15.9 Å². The molecule has 0 aromatic heterocycles. The van der Waals surface area contributed by atoms with E-state index in [0.717, 1.165) is 57.0 Å². The van der Waals surface area contributed by atoms with E-state index in [1.165, 1.54) is 12.1 Å². The molecule has 1 fully saturated rings. The number of ether oxygens (including phenoxy) is 1. The van der Waals surface area contributed by atoms with Gasteiger partial charge in [-0.15, -0.1) is 0 Å². The molecule has 1 saturated heterocycles. The van der Waals surface area contributed by atoms with Crippen molar-refractivity contribution in [2.24, 2.45) is 0 Å². The maximum Gasteiger partial charge on any atom is 0.241 e. The SMILES string of the molecule is O=C(NCCCN1CCOCC1)C(Cc1ccccc1)NS(=O)(=O)c1ccc(F)cc1. The van der Waals surface area contributed by atoms with Gasteiger partial charge < -0.3 is 10.1 Å². The van der Waals surface area contributed by atoms with Crippen molar-refractivity contribution in [3.05, 3.63) is 66.0 Å². The van der Waals surface area contributed by atoms with E-state index >= 15 is 0 Å². The van der Waals surface area contributed by atoms with Crippen molar-refractivity contribution in [1.82, 2.24) is 14.9 Å². The summed E-state index contributed by atoms with van der Waals surface area (Å²) in [5.74, 6) is -0.922. The zero-order valence-electron chi connectivity index (χ0n) is 17.3. The summed E-state index contributed by atoms with van der Waals surface area (Å²) in [6.45, 7) is 4.48. The van der Waals surface area contributed by atoms with Crippen molar-refractivity contribution in [2.75, 3.05) is 39.4 Å². The Hall–Kier alpha value is -2.33. The molecule has 2 aromatic carbocycles. The summed E-state index contributed by atoms with van der Waals surface area (Å²) in [4.78, 5) is 15.0. The third-order valence-corrected chi connectivity index (χ3v) is 6.56. The van der Waals surface area contributed by atoms with Crippen LogP contribution in [0.3, 0.4) is 0 Å². The smallest absolute Gasteiger partial charge is 0.241 e. The van der Waals surface area contributed by atoms with E-state index in [1.807, 2.05) is 30.3 Å². The molecule has 0 radical (unpaired) electrons. The number of carbonyl (C=O) groups is 1. The van der Waals surface area contributed by atoms with Gasteiger partial charge in [-0.05, 0) is 49.2 Å². The van der Waals surface area contributed by atoms with E-state index in [2.05, 4.69) is 14.9 Å². The maximum atomic E-state index is 13.2. The number of halogens is 1. The number of sulfonamides is 1. The molecule has 0 saturated carbocycles. The number of benzene rings is 2. The number of morpholine rings is 1. The van der Waals surface area contributed by atoms with Crippen LogP contribution in [0.15, 0.2) is 59.5 Å². The predicted molar refractivity (Wildman–Crippen MR) is 116 cm³/mol. The third kappa shape index (κ3) is 7.39. The van der Waals surface area contributed by atoms with Gasteiger partial charge in [0.15, 0.2) is 0 Å². The van der Waals surface area contributed by atoms with Crippen LogP contribution in [0.1, 0.15) is 12.0 Å². The minimum Gasteiger partial charge on any atom is -0.379 e. The van der Waals surface area contributed by atoms with Crippen LogP contribution in [-0.2, 0) is 26.0 Å². The van der Waals surface area contributed by atoms with Crippen LogP contribution < -0.4 is 10.0 Å². The van der Waals surface area contributed by atoms with Crippen molar-refractivity contribution < 1.29 is 22.3 Å². The van der Waals surface area contributed by atoms with Crippen LogP contribution >= 0.6 is 0 Å². The van der Waals surface area contributed by atoms with Crippen LogP contribution in [0.5, 0.6) is 0 Å². The molecular weight excluding hydrogens is 421 g/mol. The van der Waals surface area contributed by atoms with E-state index in [-0.39, 0.29) is 11.3 Å². The van der Waals surface area contributed by atoms with Gasteiger partial charge in [0, 0.05) is 19.6 Å². The first-order valence-corrected chi connectivity index (χ1v) is 11.8. The van der Waals surface area contributed by atoms with Gasteiger partial charge >= 0.3 is 0 Å². The number of rotatable bonds is 10. The lowest BCUT2D eigenvalue weighted by atomic mass is 10.1. The highest BCUT2D eigenvalue weighted by Gasteiger charge is 2.26. The molecular formula is C22H28FN3O4S. The van der Waals surface area contributed by atoms with Crippen molar-refractivity contribution in [1.29, 1.82) is 0 Å². The van der Waals surface area contributed by atoms with Crippen LogP contribution in [0.4, 0.5) is 4.39 Å². The van der Waals surface area contributed by atoms with E-state index in [0.29, 0.717) is 6.54 Å². The first-order chi connectivity index (χ1) is 14.9. The maximum absolute atomic E-state index is 13.2. The minimum absolute atomic E-state index is 0.0907. The van der Waals surface area contributed by atoms with E-state index in [4.69, 9.17) is 4.74 Å². The van der Waals surface area contributed by atoms with Crippen molar-refractivity contribution in [3.8, 4) is 0 Å². The Morgan fingerprint density at radius 3 is 2.42 bits per heavy atom. The van der Waals surface area contributed by atoms with Crippen LogP contribution in [0.2, 0.25) is 0 Å². The molecule has 0 aliphatic carbocycles. The van der Waals surface area contributed by atoms with Gasteiger partial charge in [-0.3, -0.25) is 9.69 Å². The molecule has 3 rings (SSSR count). The predicted octanol–water partition coefficient (Wildman–Crippen LogP) is 1.55. The molecule has 1 atom stereocenters. The summed E-state index contributed by atoms with van der Waals surface area (Å²) in [5.41, 5.74) is 0.831. The molecule has 0 spiro atoms. The Bertz CT molecular complexity index is 933. The molecule has 2 N–H and O–H groups in total. The number of hydrogen-bond acceptors (Lipinski definition) is 5. The second-order valence-electron chi connectivity index (χ2n) is 7.42. The number of nitrogens with one attached hydrogen (secondary N) is 2. The molecule has 1 unspecified atom stereocenters. The fourth-order valence-electron chi connectivity index (χ4n) is 3.37. The van der Waals surface area contributed by atoms with E-state index in [9.17, 15) is 17.6 Å². The average molecular weight is 450 g/mol. The molecule has 1 amide bonds. The Morgan fingerprint density at radius 2 is 1.74 bits per heavy atom. The second kappa shape index (κ2) is 11.3. The highest BCUT2D eigenvalue weighted by molar-refractivity contribution is 7.89. The first-order valence-electron chi connectivity index (χ1n) is 10.3. The number of carbonyl (C=O) groups excluding carboxylic acids is 1. The van der Waals surface area contributed by atoms with Crippen LogP contribution in [-0.4, -0.2) is 64.7 Å². The second-order valence-corrected chi connectivity index (χ2v) is 9.13. The highest BCUT2D eigenvalue weighted by Crippen LogP contribution is 2.12. The largest absolute Gasteiger partial charge is 0.379 e. The zero-order chi connectivity index (χ0) is 22.1. The molecule has 1 aliphatic rings. The lowest BCUT2D eigenvalue weighted by Gasteiger charge is -2.26. The van der Waals surface area contributed by atoms with Crippen LogP contribution in [0.25, 0.3) is 0 Å². The van der Waals surface area contributed by atoms with Gasteiger partial charge in [0.25, 0.3) is 0 Å². The Balaban J connectivity index is 1.62. The molecule has 2 aromatic rings. The number of amides is 1. The normalized spacial score (nSPS) is 16.0. The standard InChI is InChI=1S/C22H28FN3O4S/c23-19-7-9-20(10-8-19)31(28,29)25-21(17-18-5-2-1-3-6-18)22(27)24-11-4-12-26-13-15-30-16-14-26/h1-3,5-10,21,25H,4,11-17H2,(H,24,27). The van der Waals surface area contributed by atoms with Gasteiger partial charge in [0.2, 0.25) is 15.9 Å². The number of hydrogen-bond donors (Lipinski definition) is 2. The Labute approximate surface area is 182 Å². The summed E-state index contributed by atoms with van der Waals surface area (Å²) in [6.07, 6.45) is 0.963. The molecule has 0 bridgehead atoms. The molecule has 9 heteroatoms. The molecule has 7 nitrogen and oxygen atoms in total. The Morgan fingerprint density at radius 1 is 1.06 bits per heavy atom. The highest BCUT2D eigenvalue weighted by atomic mass is 32.2. The van der Waals surface area contributed by atoms with E-state index < -0.39 is 27.8 Å². The van der Waals surface area contributed by atoms with Gasteiger partial charge in [0.05, 0.1) is 18.1 Å². The summed E-state index contributed by atoms with van der Waals surface area (Å²) < 4.78 is 46.5. The zero-order valence-corrected chi connectivity index (χ0v) is 18.1. The third-order valence-electron chi connectivity index (χ3n) is 5.07. The van der Waals surface area contributed by atoms with Crippen molar-refractivity contribution in [2.45, 2.75) is 23.8 Å². The molecule has 1 aliphatic heterocycles. The van der Waals surface area contributed by atoms with Gasteiger partial charge in [-0.2, -0.15) is 4.72 Å².